The van der Waals surface area contributed by atoms with E-state index in [0.29, 0.717) is 64.0 Å². The Balaban J connectivity index is 1.22. The number of nitrogens with two attached hydrogens (primary N) is 2. The predicted molar refractivity (Wildman–Crippen MR) is 198 cm³/mol. The van der Waals surface area contributed by atoms with Gasteiger partial charge in [0.05, 0.1) is 29.6 Å². The fraction of sp³-hybridized carbons (Fsp3) is 0.306. The Labute approximate surface area is 308 Å². The third-order valence-electron chi connectivity index (χ3n) is 9.13. The van der Waals surface area contributed by atoms with Crippen LogP contribution in [0.15, 0.2) is 48.7 Å². The molecule has 5 heterocycles. The van der Waals surface area contributed by atoms with Crippen LogP contribution < -0.4 is 26.8 Å². The molecule has 6 N–H and O–H groups in total. The lowest BCUT2D eigenvalue weighted by Gasteiger charge is -2.11. The molecule has 1 aromatic carbocycles. The van der Waals surface area contributed by atoms with Crippen LogP contribution in [0, 0.1) is 6.92 Å². The topological polar surface area (TPSA) is 238 Å². The number of primary amides is 2. The number of hydrogen-bond donors (Lipinski definition) is 4. The van der Waals surface area contributed by atoms with Gasteiger partial charge in [0.15, 0.2) is 5.65 Å². The lowest BCUT2D eigenvalue weighted by atomic mass is 10.1. The number of nitrogens with one attached hydrogen (secondary N) is 2. The van der Waals surface area contributed by atoms with Gasteiger partial charge in [-0.15, -0.1) is 0 Å². The van der Waals surface area contributed by atoms with Gasteiger partial charge in [0.2, 0.25) is 23.7 Å². The van der Waals surface area contributed by atoms with Crippen molar-refractivity contribution in [3.05, 3.63) is 82.6 Å². The molecular weight excluding hydrogens is 694 g/mol. The first-order chi connectivity index (χ1) is 26.0. The molecule has 18 nitrogen and oxygen atoms in total. The van der Waals surface area contributed by atoms with Crippen LogP contribution in [0.3, 0.4) is 0 Å². The van der Waals surface area contributed by atoms with E-state index in [1.54, 1.807) is 37.6 Å². The van der Waals surface area contributed by atoms with Crippen LogP contribution in [-0.2, 0) is 26.2 Å². The maximum Gasteiger partial charge on any atom is 0.276 e. The number of rotatable bonds is 14. The minimum Gasteiger partial charge on any atom is -0.494 e. The number of carbonyl (C=O) groups excluding carboxylic acids is 4. The largest absolute Gasteiger partial charge is 0.494 e. The third kappa shape index (κ3) is 6.75. The summed E-state index contributed by atoms with van der Waals surface area (Å²) in [6.07, 6.45) is 7.11. The van der Waals surface area contributed by atoms with E-state index in [9.17, 15) is 19.2 Å². The molecular formula is C36H39N13O5. The zero-order chi connectivity index (χ0) is 38.3. The zero-order valence-corrected chi connectivity index (χ0v) is 30.2. The van der Waals surface area contributed by atoms with Crippen molar-refractivity contribution in [2.75, 3.05) is 17.7 Å². The summed E-state index contributed by atoms with van der Waals surface area (Å²) in [5.74, 6) is -1.04. The molecule has 0 unspecified atom stereocenters. The number of aryl methyl sites for hydroxylation is 3. The lowest BCUT2D eigenvalue weighted by molar-refractivity contribution is 0.0991. The number of imidazole rings is 2. The molecule has 5 aromatic heterocycles. The number of aromatic nitrogens is 9. The highest BCUT2D eigenvalue weighted by Gasteiger charge is 2.29. The van der Waals surface area contributed by atoms with E-state index in [1.807, 2.05) is 32.1 Å². The van der Waals surface area contributed by atoms with Gasteiger partial charge in [0.1, 0.15) is 28.2 Å². The SMILES string of the molecule is CCn1nc(C)cc1C(=O)Nc1nc2cc(C(N)=O)cnc2n1CC=CCn1c(NC(=O)c2cc(C3CC3)nn2CC)nc2cc(C(N)=O)cc(OC)c21. The summed E-state index contributed by atoms with van der Waals surface area (Å²) >= 11 is 0. The van der Waals surface area contributed by atoms with Crippen molar-refractivity contribution >= 4 is 57.7 Å². The molecule has 0 atom stereocenters. The average Bonchev–Trinajstić information content (AvgIpc) is 3.47. The molecule has 7 rings (SSSR count). The number of pyridine rings is 1. The van der Waals surface area contributed by atoms with Crippen LogP contribution in [0.5, 0.6) is 5.75 Å². The Hall–Kier alpha value is -6.85. The molecule has 1 fully saturated rings. The van der Waals surface area contributed by atoms with Gasteiger partial charge in [-0.3, -0.25) is 43.7 Å². The van der Waals surface area contributed by atoms with E-state index in [-0.39, 0.29) is 36.1 Å². The molecule has 4 amide bonds. The molecule has 0 radical (unpaired) electrons. The van der Waals surface area contributed by atoms with Crippen LogP contribution in [-0.4, -0.2) is 74.4 Å². The first-order valence-electron chi connectivity index (χ1n) is 17.4. The van der Waals surface area contributed by atoms with Crippen molar-refractivity contribution in [1.29, 1.82) is 0 Å². The maximum atomic E-state index is 13.7. The van der Waals surface area contributed by atoms with E-state index in [4.69, 9.17) is 16.2 Å². The molecule has 278 valence electrons. The molecule has 1 aliphatic rings. The summed E-state index contributed by atoms with van der Waals surface area (Å²) in [6.45, 7) is 7.00. The summed E-state index contributed by atoms with van der Waals surface area (Å²) in [7, 11) is 1.47. The molecule has 0 aliphatic heterocycles. The second-order valence-electron chi connectivity index (χ2n) is 12.8. The predicted octanol–water partition coefficient (Wildman–Crippen LogP) is 3.37. The normalized spacial score (nSPS) is 12.9. The summed E-state index contributed by atoms with van der Waals surface area (Å²) in [6, 6.07) is 8.08. The number of methoxy groups -OCH3 is 1. The second-order valence-corrected chi connectivity index (χ2v) is 12.8. The van der Waals surface area contributed by atoms with Crippen molar-refractivity contribution in [2.45, 2.75) is 65.7 Å². The third-order valence-corrected chi connectivity index (χ3v) is 9.13. The highest BCUT2D eigenvalue weighted by molar-refractivity contribution is 6.05. The van der Waals surface area contributed by atoms with Crippen molar-refractivity contribution in [3.63, 3.8) is 0 Å². The van der Waals surface area contributed by atoms with Gasteiger partial charge in [-0.05, 0) is 63.9 Å². The van der Waals surface area contributed by atoms with Crippen LogP contribution in [0.4, 0.5) is 11.9 Å². The number of carbonyl (C=O) groups is 4. The molecule has 1 saturated carbocycles. The Morgan fingerprint density at radius 3 is 2.04 bits per heavy atom. The average molecular weight is 734 g/mol. The molecule has 6 aromatic rings. The molecule has 0 spiro atoms. The minimum atomic E-state index is -0.664. The lowest BCUT2D eigenvalue weighted by Crippen LogP contribution is -2.20. The fourth-order valence-electron chi connectivity index (χ4n) is 6.31. The molecule has 54 heavy (non-hydrogen) atoms. The second kappa shape index (κ2) is 14.3. The molecule has 0 saturated heterocycles. The smallest absolute Gasteiger partial charge is 0.276 e. The first-order valence-corrected chi connectivity index (χ1v) is 17.4. The van der Waals surface area contributed by atoms with E-state index in [0.717, 1.165) is 18.5 Å². The van der Waals surface area contributed by atoms with Crippen LogP contribution >= 0.6 is 0 Å². The molecule has 1 aliphatic carbocycles. The minimum absolute atomic E-state index is 0.168. The number of amides is 4. The van der Waals surface area contributed by atoms with Gasteiger partial charge in [-0.1, -0.05) is 12.2 Å². The fourth-order valence-corrected chi connectivity index (χ4v) is 6.31. The van der Waals surface area contributed by atoms with Gasteiger partial charge in [-0.2, -0.15) is 10.2 Å². The van der Waals surface area contributed by atoms with E-state index in [1.165, 1.54) is 25.4 Å². The number of nitrogens with zero attached hydrogens (tertiary/aromatic N) is 9. The Kier molecular flexibility index (Phi) is 9.40. The quantitative estimate of drug-likeness (QED) is 0.119. The highest BCUT2D eigenvalue weighted by Crippen LogP contribution is 2.39. The number of fused-ring (bicyclic) bond motifs is 2. The highest BCUT2D eigenvalue weighted by atomic mass is 16.5. The summed E-state index contributed by atoms with van der Waals surface area (Å²) in [4.78, 5) is 64.9. The van der Waals surface area contributed by atoms with Gasteiger partial charge in [0.25, 0.3) is 11.8 Å². The number of ether oxygens (including phenoxy) is 1. The zero-order valence-electron chi connectivity index (χ0n) is 30.2. The number of hydrogen-bond acceptors (Lipinski definition) is 10. The number of allylic oxidation sites excluding steroid dienone is 2. The summed E-state index contributed by atoms with van der Waals surface area (Å²) < 4.78 is 12.4. The standard InChI is InChI=1S/C36H39N13O5/c1-5-48-26(13-19(3)44-48)33(52)43-36-41-25-15-22(31(38)51)18-39-32(25)47(36)12-8-7-11-46-29-24(14-21(30(37)50)16-28(29)54-4)40-35(46)42-34(53)27-17-23(20-9-10-20)45-49(27)6-2/h7-8,13-18,20H,5-6,9-12H2,1-4H3,(H2,37,50)(H2,38,51)(H,40,42,53)(H,41,43,52). The van der Waals surface area contributed by atoms with Gasteiger partial charge in [-0.25, -0.2) is 15.0 Å². The van der Waals surface area contributed by atoms with E-state index < -0.39 is 23.6 Å². The maximum absolute atomic E-state index is 13.7. The Bertz CT molecular complexity index is 2500. The van der Waals surface area contributed by atoms with Gasteiger partial charge < -0.3 is 20.8 Å². The summed E-state index contributed by atoms with van der Waals surface area (Å²) in [5, 5.41) is 14.8. The van der Waals surface area contributed by atoms with Gasteiger partial charge in [0, 0.05) is 43.9 Å². The van der Waals surface area contributed by atoms with Crippen molar-refractivity contribution in [1.82, 2.24) is 43.6 Å². The number of benzene rings is 1. The first kappa shape index (κ1) is 35.5. The van der Waals surface area contributed by atoms with Crippen molar-refractivity contribution < 1.29 is 23.9 Å². The Morgan fingerprint density at radius 1 is 0.815 bits per heavy atom. The van der Waals surface area contributed by atoms with E-state index >= 15 is 0 Å². The van der Waals surface area contributed by atoms with Crippen molar-refractivity contribution in [2.24, 2.45) is 11.5 Å². The monoisotopic (exact) mass is 733 g/mol. The molecule has 18 heteroatoms. The number of anilines is 2. The van der Waals surface area contributed by atoms with Crippen LogP contribution in [0.25, 0.3) is 22.2 Å². The van der Waals surface area contributed by atoms with Gasteiger partial charge >= 0.3 is 0 Å². The summed E-state index contributed by atoms with van der Waals surface area (Å²) in [5.41, 5.74) is 15.5. The van der Waals surface area contributed by atoms with E-state index in [2.05, 4.69) is 35.8 Å². The van der Waals surface area contributed by atoms with Crippen LogP contribution in [0.1, 0.15) is 85.7 Å². The Morgan fingerprint density at radius 2 is 1.41 bits per heavy atom. The van der Waals surface area contributed by atoms with Crippen molar-refractivity contribution in [3.8, 4) is 5.75 Å². The van der Waals surface area contributed by atoms with Crippen LogP contribution in [0.2, 0.25) is 0 Å². The molecule has 0 bridgehead atoms.